The number of nitrogens with one attached hydrogen (secondary N) is 1. The lowest BCUT2D eigenvalue weighted by atomic mass is 10.4. The minimum absolute atomic E-state index is 0.0294. The molecule has 1 rings (SSSR count). The molecule has 6 heteroatoms. The third-order valence-corrected chi connectivity index (χ3v) is 1.72. The number of halogens is 2. The topological polar surface area (TPSA) is 54.9 Å². The van der Waals surface area contributed by atoms with Gasteiger partial charge in [-0.25, -0.2) is 9.97 Å². The fourth-order valence-corrected chi connectivity index (χ4v) is 0.788. The van der Waals surface area contributed by atoms with Crippen LogP contribution in [0.4, 0.5) is 5.95 Å². The van der Waals surface area contributed by atoms with Crippen LogP contribution in [0.15, 0.2) is 18.5 Å². The summed E-state index contributed by atoms with van der Waals surface area (Å²) in [6.07, 6.45) is 3.14. The first-order valence-corrected chi connectivity index (χ1v) is 4.39. The molecule has 0 spiro atoms. The van der Waals surface area contributed by atoms with E-state index in [-0.39, 0.29) is 12.3 Å². The van der Waals surface area contributed by atoms with Crippen molar-refractivity contribution < 1.29 is 4.79 Å². The predicted molar refractivity (Wildman–Crippen MR) is 51.0 cm³/mol. The Bertz CT molecular complexity index is 278. The molecule has 1 aromatic heterocycles. The zero-order chi connectivity index (χ0) is 9.68. The molecule has 0 fully saturated rings. The van der Waals surface area contributed by atoms with E-state index in [2.05, 4.69) is 15.3 Å². The van der Waals surface area contributed by atoms with Crippen molar-refractivity contribution in [3.8, 4) is 0 Å². The summed E-state index contributed by atoms with van der Waals surface area (Å²) in [6.45, 7) is 0.0294. The van der Waals surface area contributed by atoms with Gasteiger partial charge >= 0.3 is 0 Å². The van der Waals surface area contributed by atoms with Gasteiger partial charge in [-0.3, -0.25) is 4.79 Å². The highest BCUT2D eigenvalue weighted by molar-refractivity contribution is 6.54. The average molecular weight is 220 g/mol. The van der Waals surface area contributed by atoms with Gasteiger partial charge in [0, 0.05) is 12.4 Å². The lowest BCUT2D eigenvalue weighted by Gasteiger charge is -2.02. The maximum absolute atomic E-state index is 10.9. The molecule has 0 atom stereocenters. The zero-order valence-corrected chi connectivity index (χ0v) is 8.09. The number of carbonyl (C=O) groups is 1. The van der Waals surface area contributed by atoms with E-state index in [0.29, 0.717) is 5.95 Å². The summed E-state index contributed by atoms with van der Waals surface area (Å²) >= 11 is 10.7. The molecule has 1 heterocycles. The molecule has 0 saturated heterocycles. The number of Topliss-reactive ketones (excluding diaryl/α,β-unsaturated/α-hetero) is 1. The Morgan fingerprint density at radius 1 is 1.46 bits per heavy atom. The number of carbonyl (C=O) groups excluding carboxylic acids is 1. The minimum atomic E-state index is -1.00. The number of hydrogen-bond donors (Lipinski definition) is 1. The Balaban J connectivity index is 2.40. The van der Waals surface area contributed by atoms with Gasteiger partial charge in [-0.05, 0) is 6.07 Å². The van der Waals surface area contributed by atoms with Crippen molar-refractivity contribution in [2.24, 2.45) is 0 Å². The number of rotatable bonds is 4. The second-order valence-electron chi connectivity index (χ2n) is 2.19. The third-order valence-electron chi connectivity index (χ3n) is 1.23. The maximum atomic E-state index is 10.9. The number of nitrogens with zero attached hydrogens (tertiary/aromatic N) is 2. The molecule has 70 valence electrons. The summed E-state index contributed by atoms with van der Waals surface area (Å²) in [7, 11) is 0. The van der Waals surface area contributed by atoms with Gasteiger partial charge in [0.05, 0.1) is 6.54 Å². The Morgan fingerprint density at radius 3 is 2.62 bits per heavy atom. The predicted octanol–water partition coefficient (Wildman–Crippen LogP) is 1.26. The van der Waals surface area contributed by atoms with Crippen molar-refractivity contribution in [1.29, 1.82) is 0 Å². The van der Waals surface area contributed by atoms with Crippen LogP contribution in [0, 0.1) is 0 Å². The summed E-state index contributed by atoms with van der Waals surface area (Å²) < 4.78 is 0. The second-order valence-corrected chi connectivity index (χ2v) is 3.29. The average Bonchev–Trinajstić information content (AvgIpc) is 2.15. The van der Waals surface area contributed by atoms with Crippen LogP contribution in [0.2, 0.25) is 0 Å². The first kappa shape index (κ1) is 10.2. The number of anilines is 1. The first-order chi connectivity index (χ1) is 6.20. The third kappa shape index (κ3) is 3.57. The van der Waals surface area contributed by atoms with Crippen molar-refractivity contribution in [2.45, 2.75) is 4.84 Å². The summed E-state index contributed by atoms with van der Waals surface area (Å²) in [5, 5.41) is 2.69. The van der Waals surface area contributed by atoms with Crippen molar-refractivity contribution in [1.82, 2.24) is 9.97 Å². The molecule has 0 aromatic carbocycles. The fraction of sp³-hybridized carbons (Fsp3) is 0.286. The van der Waals surface area contributed by atoms with Gasteiger partial charge < -0.3 is 5.32 Å². The van der Waals surface area contributed by atoms with Crippen molar-refractivity contribution in [3.63, 3.8) is 0 Å². The molecule has 13 heavy (non-hydrogen) atoms. The quantitative estimate of drug-likeness (QED) is 0.776. The number of hydrogen-bond acceptors (Lipinski definition) is 4. The lowest BCUT2D eigenvalue weighted by Crippen LogP contribution is -2.20. The summed E-state index contributed by atoms with van der Waals surface area (Å²) in [5.41, 5.74) is 0. The van der Waals surface area contributed by atoms with Gasteiger partial charge in [-0.15, -0.1) is 0 Å². The fourth-order valence-electron chi connectivity index (χ4n) is 0.634. The monoisotopic (exact) mass is 219 g/mol. The molecular formula is C7H7Cl2N3O. The minimum Gasteiger partial charge on any atom is -0.347 e. The van der Waals surface area contributed by atoms with Gasteiger partial charge in [-0.1, -0.05) is 23.2 Å². The van der Waals surface area contributed by atoms with Crippen molar-refractivity contribution >= 4 is 34.9 Å². The Hall–Kier alpha value is -0.870. The van der Waals surface area contributed by atoms with Crippen LogP contribution >= 0.6 is 23.2 Å². The summed E-state index contributed by atoms with van der Waals surface area (Å²) in [6, 6.07) is 1.68. The molecule has 0 amide bonds. The van der Waals surface area contributed by atoms with Crippen LogP contribution in [-0.4, -0.2) is 27.1 Å². The number of aromatic nitrogens is 2. The van der Waals surface area contributed by atoms with E-state index < -0.39 is 4.84 Å². The van der Waals surface area contributed by atoms with E-state index in [0.717, 1.165) is 0 Å². The highest BCUT2D eigenvalue weighted by Gasteiger charge is 2.10. The molecule has 0 bridgehead atoms. The molecule has 0 saturated carbocycles. The largest absolute Gasteiger partial charge is 0.347 e. The van der Waals surface area contributed by atoms with E-state index >= 15 is 0 Å². The van der Waals surface area contributed by atoms with E-state index in [1.165, 1.54) is 0 Å². The van der Waals surface area contributed by atoms with E-state index in [9.17, 15) is 4.79 Å². The molecule has 0 radical (unpaired) electrons. The van der Waals surface area contributed by atoms with Crippen LogP contribution < -0.4 is 5.32 Å². The van der Waals surface area contributed by atoms with E-state index in [1.54, 1.807) is 18.5 Å². The molecule has 0 aliphatic rings. The van der Waals surface area contributed by atoms with Crippen LogP contribution in [-0.2, 0) is 4.79 Å². The first-order valence-electron chi connectivity index (χ1n) is 3.52. The summed E-state index contributed by atoms with van der Waals surface area (Å²) in [4.78, 5) is 17.6. The van der Waals surface area contributed by atoms with Crippen LogP contribution in [0.25, 0.3) is 0 Å². The Kier molecular flexibility index (Phi) is 3.92. The zero-order valence-electron chi connectivity index (χ0n) is 6.58. The maximum Gasteiger partial charge on any atom is 0.222 e. The Morgan fingerprint density at radius 2 is 2.08 bits per heavy atom. The molecular weight excluding hydrogens is 213 g/mol. The molecule has 0 aliphatic heterocycles. The lowest BCUT2D eigenvalue weighted by molar-refractivity contribution is -0.115. The van der Waals surface area contributed by atoms with E-state index in [1.807, 2.05) is 0 Å². The van der Waals surface area contributed by atoms with Crippen molar-refractivity contribution in [3.05, 3.63) is 18.5 Å². The van der Waals surface area contributed by atoms with Crippen LogP contribution in [0.5, 0.6) is 0 Å². The van der Waals surface area contributed by atoms with Gasteiger partial charge in [0.2, 0.25) is 5.95 Å². The van der Waals surface area contributed by atoms with Crippen LogP contribution in [0.1, 0.15) is 0 Å². The standard InChI is InChI=1S/C7H7Cl2N3O/c8-6(9)5(13)4-12-7-10-2-1-3-11-7/h1-3,6H,4H2,(H,10,11,12). The SMILES string of the molecule is O=C(CNc1ncccn1)C(Cl)Cl. The molecule has 4 nitrogen and oxygen atoms in total. The number of alkyl halides is 2. The van der Waals surface area contributed by atoms with E-state index in [4.69, 9.17) is 23.2 Å². The van der Waals surface area contributed by atoms with Gasteiger partial charge in [0.15, 0.2) is 10.6 Å². The molecule has 0 aliphatic carbocycles. The van der Waals surface area contributed by atoms with Crippen LogP contribution in [0.3, 0.4) is 0 Å². The van der Waals surface area contributed by atoms with Gasteiger partial charge in [-0.2, -0.15) is 0 Å². The Labute approximate surface area is 85.3 Å². The number of ketones is 1. The summed E-state index contributed by atoms with van der Waals surface area (Å²) in [5.74, 6) is 0.0700. The van der Waals surface area contributed by atoms with Gasteiger partial charge in [0.1, 0.15) is 0 Å². The van der Waals surface area contributed by atoms with Crippen molar-refractivity contribution in [2.75, 3.05) is 11.9 Å². The highest BCUT2D eigenvalue weighted by atomic mass is 35.5. The normalized spacial score (nSPS) is 10.1. The molecule has 0 unspecified atom stereocenters. The second kappa shape index (κ2) is 4.99. The van der Waals surface area contributed by atoms with Gasteiger partial charge in [0.25, 0.3) is 0 Å². The highest BCUT2D eigenvalue weighted by Crippen LogP contribution is 2.03. The smallest absolute Gasteiger partial charge is 0.222 e. The molecule has 1 N–H and O–H groups in total. The molecule has 1 aromatic rings.